The molecular formula is C50H66FN11O9S. The molecule has 3 atom stereocenters. The number of hydrogen-bond donors (Lipinski definition) is 7. The first kappa shape index (κ1) is 53.3. The molecule has 0 spiro atoms. The zero-order valence-corrected chi connectivity index (χ0v) is 41.3. The summed E-state index contributed by atoms with van der Waals surface area (Å²) in [6, 6.07) is 13.8. The molecule has 2 aromatic carbocycles. The first-order valence-corrected chi connectivity index (χ1v) is 25.8. The van der Waals surface area contributed by atoms with E-state index >= 15 is 4.39 Å². The second kappa shape index (κ2) is 27.9. The fourth-order valence-electron chi connectivity index (χ4n) is 8.51. The van der Waals surface area contributed by atoms with Gasteiger partial charge in [0, 0.05) is 106 Å². The summed E-state index contributed by atoms with van der Waals surface area (Å²) in [5, 5.41) is 18.6. The molecule has 72 heavy (non-hydrogen) atoms. The van der Waals surface area contributed by atoms with Crippen molar-refractivity contribution < 1.29 is 47.3 Å². The number of nitrogens with zero attached hydrogens (tertiary/aromatic N) is 4. The molecule has 3 aliphatic rings. The molecule has 20 nitrogen and oxygen atoms in total. The minimum Gasteiger partial charge on any atom is -0.438 e. The van der Waals surface area contributed by atoms with Crippen molar-refractivity contribution in [3.63, 3.8) is 0 Å². The Morgan fingerprint density at radius 2 is 1.53 bits per heavy atom. The number of amides is 6. The first-order valence-electron chi connectivity index (χ1n) is 24.7. The summed E-state index contributed by atoms with van der Waals surface area (Å²) in [4.78, 5) is 76.6. The lowest BCUT2D eigenvalue weighted by molar-refractivity contribution is -0.131. The van der Waals surface area contributed by atoms with Crippen LogP contribution in [0.3, 0.4) is 0 Å². The summed E-state index contributed by atoms with van der Waals surface area (Å²) in [7, 11) is 0. The van der Waals surface area contributed by atoms with Crippen LogP contribution in [0.2, 0.25) is 0 Å². The number of H-pyrrole nitrogens is 1. The van der Waals surface area contributed by atoms with Crippen LogP contribution in [-0.4, -0.2) is 152 Å². The number of unbranched alkanes of at least 4 members (excludes halogenated alkanes) is 1. The predicted octanol–water partition coefficient (Wildman–Crippen LogP) is 5.36. The number of carbonyl (C=O) groups is 5. The number of fused-ring (bicyclic) bond motifs is 2. The van der Waals surface area contributed by atoms with E-state index in [0.717, 1.165) is 31.4 Å². The maximum Gasteiger partial charge on any atom is 0.315 e. The summed E-state index contributed by atoms with van der Waals surface area (Å²) in [6.07, 6.45) is 8.50. The quantitative estimate of drug-likeness (QED) is 0.0198. The highest BCUT2D eigenvalue weighted by atomic mass is 32.2. The highest BCUT2D eigenvalue weighted by molar-refractivity contribution is 8.00. The summed E-state index contributed by atoms with van der Waals surface area (Å²) in [5.41, 5.74) is 1.88. The minimum absolute atomic E-state index is 0.0314. The molecule has 0 radical (unpaired) electrons. The number of benzene rings is 2. The number of rotatable bonds is 30. The summed E-state index contributed by atoms with van der Waals surface area (Å²) in [6.45, 7) is 9.11. The Bertz CT molecular complexity index is 2460. The van der Waals surface area contributed by atoms with Crippen molar-refractivity contribution in [1.82, 2.24) is 41.1 Å². The van der Waals surface area contributed by atoms with Crippen LogP contribution in [0.1, 0.15) is 57.8 Å². The van der Waals surface area contributed by atoms with Gasteiger partial charge in [-0.3, -0.25) is 19.2 Å². The maximum absolute atomic E-state index is 15.6. The fourth-order valence-corrected chi connectivity index (χ4v) is 10.1. The number of urea groups is 1. The number of piperazine rings is 1. The fraction of sp³-hybridized carbons (Fsp3) is 0.500. The van der Waals surface area contributed by atoms with Crippen molar-refractivity contribution in [2.75, 3.05) is 100 Å². The van der Waals surface area contributed by atoms with Gasteiger partial charge < -0.3 is 65.6 Å². The average Bonchev–Trinajstić information content (AvgIpc) is 4.11. The van der Waals surface area contributed by atoms with E-state index in [4.69, 9.17) is 18.9 Å². The van der Waals surface area contributed by atoms with E-state index in [1.54, 1.807) is 53.6 Å². The van der Waals surface area contributed by atoms with Crippen LogP contribution in [0.4, 0.5) is 32.2 Å². The molecule has 0 aliphatic carbocycles. The van der Waals surface area contributed by atoms with Gasteiger partial charge in [0.25, 0.3) is 0 Å². The minimum atomic E-state index is -0.441. The van der Waals surface area contributed by atoms with Gasteiger partial charge in [0.2, 0.25) is 35.5 Å². The Kier molecular flexibility index (Phi) is 20.7. The van der Waals surface area contributed by atoms with E-state index in [9.17, 15) is 24.0 Å². The van der Waals surface area contributed by atoms with Gasteiger partial charge in [0.15, 0.2) is 0 Å². The van der Waals surface area contributed by atoms with E-state index in [1.165, 1.54) is 12.1 Å². The molecule has 7 rings (SSSR count). The molecule has 3 fully saturated rings. The normalized spacial score (nSPS) is 17.2. The molecular weight excluding hydrogens is 950 g/mol. The molecule has 388 valence electrons. The molecule has 0 saturated carbocycles. The molecule has 7 N–H and O–H groups in total. The third-order valence-corrected chi connectivity index (χ3v) is 13.8. The Morgan fingerprint density at radius 1 is 0.806 bits per heavy atom. The SMILES string of the molecule is C=CC(=O)Nc1cccc(Oc2nc(Nc3ccc(N4CCN(C(=O)CCCC(=O)NCCCOCCOCCOCCCNC(=O)CCCC[C@@H]5SC[C@@H]6NC(=O)N[C@@H]65)CC4)c(F)c3)nc3[nH]ccc23)c1. The zero-order chi connectivity index (χ0) is 50.5. The smallest absolute Gasteiger partial charge is 0.315 e. The molecule has 0 bridgehead atoms. The van der Waals surface area contributed by atoms with Gasteiger partial charge in [-0.2, -0.15) is 21.7 Å². The summed E-state index contributed by atoms with van der Waals surface area (Å²) < 4.78 is 38.4. The third-order valence-electron chi connectivity index (χ3n) is 12.3. The molecule has 4 aromatic rings. The topological polar surface area (TPSA) is 242 Å². The predicted molar refractivity (Wildman–Crippen MR) is 273 cm³/mol. The van der Waals surface area contributed by atoms with Crippen LogP contribution in [0, 0.1) is 5.82 Å². The highest BCUT2D eigenvalue weighted by Crippen LogP contribution is 2.34. The number of ether oxygens (including phenoxy) is 4. The van der Waals surface area contributed by atoms with E-state index in [0.29, 0.717) is 137 Å². The number of anilines is 4. The van der Waals surface area contributed by atoms with Crippen molar-refractivity contribution >= 4 is 75.5 Å². The number of aromatic nitrogens is 3. The Labute approximate surface area is 422 Å². The number of aromatic amines is 1. The monoisotopic (exact) mass is 1020 g/mol. The van der Waals surface area contributed by atoms with Crippen LogP contribution >= 0.6 is 11.8 Å². The van der Waals surface area contributed by atoms with Gasteiger partial charge in [-0.15, -0.1) is 0 Å². The number of nitrogens with one attached hydrogen (secondary N) is 7. The molecule has 6 amide bonds. The third kappa shape index (κ3) is 16.5. The molecule has 2 aromatic heterocycles. The van der Waals surface area contributed by atoms with Gasteiger partial charge in [0.1, 0.15) is 17.2 Å². The molecule has 3 aliphatic heterocycles. The molecule has 22 heteroatoms. The van der Waals surface area contributed by atoms with E-state index in [2.05, 4.69) is 53.4 Å². The van der Waals surface area contributed by atoms with Crippen molar-refractivity contribution in [3.05, 3.63) is 73.2 Å². The second-order valence-electron chi connectivity index (χ2n) is 17.5. The number of halogens is 1. The molecule has 3 saturated heterocycles. The standard InChI is InChI=1S/C50H66FN11O9S/c1-2-42(63)55-34-9-5-10-36(31-34)71-48-37-17-20-54-47(37)59-49(60-48)56-35-15-16-40(38(51)32-35)61-21-23-62(24-22-61)45(66)14-6-13-44(65)53-19-8-26-69-28-30-70-29-27-68-25-7-18-52-43(64)12-4-3-11-41-46-39(33-72-41)57-50(67)58-46/h2,5,9-10,15-17,20,31-32,39,41,46H,1,3-4,6-8,11-14,18-19,21-30,33H2,(H,52,64)(H,53,65)(H,55,63)(H2,57,58,67)(H2,54,56,59,60)/t39-,41-,46-/m0/s1. The van der Waals surface area contributed by atoms with Crippen molar-refractivity contribution in [1.29, 1.82) is 0 Å². The Morgan fingerprint density at radius 3 is 2.25 bits per heavy atom. The first-order chi connectivity index (χ1) is 35.1. The lowest BCUT2D eigenvalue weighted by atomic mass is 10.0. The van der Waals surface area contributed by atoms with Crippen LogP contribution in [0.25, 0.3) is 11.0 Å². The van der Waals surface area contributed by atoms with E-state index in [-0.39, 0.29) is 66.4 Å². The van der Waals surface area contributed by atoms with Crippen molar-refractivity contribution in [3.8, 4) is 11.6 Å². The number of hydrogen-bond acceptors (Lipinski definition) is 14. The van der Waals surface area contributed by atoms with Gasteiger partial charge in [-0.1, -0.05) is 19.1 Å². The van der Waals surface area contributed by atoms with Gasteiger partial charge in [-0.25, -0.2) is 9.18 Å². The van der Waals surface area contributed by atoms with E-state index < -0.39 is 5.82 Å². The summed E-state index contributed by atoms with van der Waals surface area (Å²) in [5.74, 6) is 0.933. The van der Waals surface area contributed by atoms with Gasteiger partial charge >= 0.3 is 6.03 Å². The van der Waals surface area contributed by atoms with Crippen molar-refractivity contribution in [2.24, 2.45) is 0 Å². The maximum atomic E-state index is 15.6. The lowest BCUT2D eigenvalue weighted by Crippen LogP contribution is -2.49. The summed E-state index contributed by atoms with van der Waals surface area (Å²) >= 11 is 1.89. The lowest BCUT2D eigenvalue weighted by Gasteiger charge is -2.36. The van der Waals surface area contributed by atoms with Gasteiger partial charge in [-0.05, 0) is 74.6 Å². The largest absolute Gasteiger partial charge is 0.438 e. The highest BCUT2D eigenvalue weighted by Gasteiger charge is 2.42. The van der Waals surface area contributed by atoms with Crippen LogP contribution in [0.15, 0.2) is 67.4 Å². The second-order valence-corrected chi connectivity index (χ2v) is 18.8. The molecule has 5 heterocycles. The van der Waals surface area contributed by atoms with Crippen LogP contribution in [0.5, 0.6) is 11.6 Å². The number of thioether (sulfide) groups is 1. The Balaban J connectivity index is 0.668. The Hall–Kier alpha value is -6.49. The zero-order valence-electron chi connectivity index (χ0n) is 40.5. The van der Waals surface area contributed by atoms with Crippen molar-refractivity contribution in [2.45, 2.75) is 75.1 Å². The van der Waals surface area contributed by atoms with Gasteiger partial charge in [0.05, 0.1) is 49.6 Å². The van der Waals surface area contributed by atoms with Crippen LogP contribution in [-0.2, 0) is 33.4 Å². The van der Waals surface area contributed by atoms with Crippen LogP contribution < -0.4 is 41.5 Å². The molecule has 0 unspecified atom stereocenters. The number of carbonyl (C=O) groups excluding carboxylic acids is 5. The average molecular weight is 1020 g/mol. The van der Waals surface area contributed by atoms with E-state index in [1.807, 2.05) is 16.7 Å².